The van der Waals surface area contributed by atoms with Crippen molar-refractivity contribution < 1.29 is 4.42 Å². The molecule has 3 nitrogen and oxygen atoms in total. The minimum Gasteiger partial charge on any atom is -0.455 e. The molecule has 0 bridgehead atoms. The van der Waals surface area contributed by atoms with Crippen molar-refractivity contribution in [3.63, 3.8) is 0 Å². The molecule has 0 aliphatic rings. The maximum absolute atomic E-state index is 6.70. The Morgan fingerprint density at radius 1 is 0.349 bits per heavy atom. The van der Waals surface area contributed by atoms with Crippen LogP contribution < -0.4 is 4.90 Å². The van der Waals surface area contributed by atoms with Gasteiger partial charge in [-0.3, -0.25) is 0 Å². The van der Waals surface area contributed by atoms with Crippen molar-refractivity contribution >= 4 is 93.1 Å². The Morgan fingerprint density at radius 3 is 1.73 bits per heavy atom. The van der Waals surface area contributed by atoms with Crippen LogP contribution >= 0.6 is 0 Å². The van der Waals surface area contributed by atoms with E-state index in [9.17, 15) is 0 Å². The van der Waals surface area contributed by atoms with Crippen molar-refractivity contribution in [3.05, 3.63) is 231 Å². The summed E-state index contributed by atoms with van der Waals surface area (Å²) in [4.78, 5) is 2.42. The molecule has 0 radical (unpaired) electrons. The van der Waals surface area contributed by atoms with Crippen LogP contribution in [0.1, 0.15) is 0 Å². The molecule has 0 aliphatic heterocycles. The van der Waals surface area contributed by atoms with Crippen LogP contribution in [0.15, 0.2) is 235 Å². The van der Waals surface area contributed by atoms with Crippen molar-refractivity contribution in [2.45, 2.75) is 0 Å². The summed E-state index contributed by atoms with van der Waals surface area (Å²) in [7, 11) is 0. The van der Waals surface area contributed by atoms with Gasteiger partial charge in [-0.2, -0.15) is 0 Å². The van der Waals surface area contributed by atoms with Crippen LogP contribution in [0, 0.1) is 0 Å². The number of para-hydroxylation sites is 3. The predicted molar refractivity (Wildman–Crippen MR) is 266 cm³/mol. The molecule has 0 spiro atoms. The van der Waals surface area contributed by atoms with Gasteiger partial charge in [0.15, 0.2) is 0 Å². The molecule has 63 heavy (non-hydrogen) atoms. The molecule has 0 N–H and O–H groups in total. The number of anilines is 3. The van der Waals surface area contributed by atoms with Gasteiger partial charge in [-0.1, -0.05) is 164 Å². The highest BCUT2D eigenvalue weighted by atomic mass is 16.3. The number of aromatic nitrogens is 1. The minimum absolute atomic E-state index is 0.880. The van der Waals surface area contributed by atoms with E-state index in [-0.39, 0.29) is 0 Å². The standard InChI is InChI=1S/C60H38N2O/c1-3-17-47-40(13-1)27-28-42-31-35-46(38-54(42)47)61(55-23-8-7-21-51(55)52-22-12-26-58-59(52)53-36-32-41-14-2-4-18-48(41)60(53)63-58)44-33-29-39(30-34-44)43-15-11-16-45(37-43)62-56-24-9-5-19-49(56)50-20-6-10-25-57(50)62/h1-38H. The first kappa shape index (κ1) is 35.4. The lowest BCUT2D eigenvalue weighted by Crippen LogP contribution is -2.11. The highest BCUT2D eigenvalue weighted by Crippen LogP contribution is 2.46. The fraction of sp³-hybridized carbons (Fsp3) is 0. The summed E-state index contributed by atoms with van der Waals surface area (Å²) in [5.74, 6) is 0. The number of hydrogen-bond donors (Lipinski definition) is 0. The van der Waals surface area contributed by atoms with Gasteiger partial charge in [-0.15, -0.1) is 0 Å². The van der Waals surface area contributed by atoms with Crippen LogP contribution in [-0.2, 0) is 0 Å². The van der Waals surface area contributed by atoms with Gasteiger partial charge in [0.1, 0.15) is 11.2 Å². The number of rotatable bonds is 6. The lowest BCUT2D eigenvalue weighted by atomic mass is 9.95. The Labute approximate surface area is 363 Å². The van der Waals surface area contributed by atoms with Crippen LogP contribution in [-0.4, -0.2) is 4.57 Å². The SMILES string of the molecule is c1cc(-c2ccc(N(c3ccc4ccc5ccccc5c4c3)c3ccccc3-c3cccc4oc5c6ccccc6ccc5c34)cc2)cc(-n2c3ccccc3c3ccccc32)c1. The lowest BCUT2D eigenvalue weighted by Gasteiger charge is -2.28. The zero-order valence-electron chi connectivity index (χ0n) is 34.2. The molecular formula is C60H38N2O. The van der Waals surface area contributed by atoms with Gasteiger partial charge in [0, 0.05) is 49.6 Å². The van der Waals surface area contributed by atoms with Crippen molar-refractivity contribution in [2.24, 2.45) is 0 Å². The van der Waals surface area contributed by atoms with E-state index in [1.54, 1.807) is 0 Å². The van der Waals surface area contributed by atoms with E-state index in [2.05, 4.69) is 240 Å². The Balaban J connectivity index is 0.987. The fourth-order valence-corrected chi connectivity index (χ4v) is 10.1. The summed E-state index contributed by atoms with van der Waals surface area (Å²) in [6, 6.07) is 83.5. The maximum atomic E-state index is 6.70. The van der Waals surface area contributed by atoms with Crippen LogP contribution in [0.25, 0.3) is 104 Å². The van der Waals surface area contributed by atoms with Gasteiger partial charge < -0.3 is 13.9 Å². The molecule has 13 aromatic rings. The van der Waals surface area contributed by atoms with Crippen LogP contribution in [0.5, 0.6) is 0 Å². The van der Waals surface area contributed by atoms with Gasteiger partial charge in [-0.25, -0.2) is 0 Å². The number of nitrogens with zero attached hydrogens (tertiary/aromatic N) is 2. The highest BCUT2D eigenvalue weighted by Gasteiger charge is 2.22. The third-order valence-electron chi connectivity index (χ3n) is 13.0. The Morgan fingerprint density at radius 2 is 0.937 bits per heavy atom. The summed E-state index contributed by atoms with van der Waals surface area (Å²) < 4.78 is 9.09. The first-order valence-corrected chi connectivity index (χ1v) is 21.6. The number of benzene rings is 11. The summed E-state index contributed by atoms with van der Waals surface area (Å²) in [5.41, 5.74) is 13.2. The first-order chi connectivity index (χ1) is 31.2. The van der Waals surface area contributed by atoms with E-state index in [0.29, 0.717) is 0 Å². The van der Waals surface area contributed by atoms with Gasteiger partial charge in [0.2, 0.25) is 0 Å². The second-order valence-electron chi connectivity index (χ2n) is 16.5. The summed E-state index contributed by atoms with van der Waals surface area (Å²) >= 11 is 0. The number of furan rings is 1. The molecule has 0 fully saturated rings. The largest absolute Gasteiger partial charge is 0.455 e. The Bertz CT molecular complexity index is 3870. The first-order valence-electron chi connectivity index (χ1n) is 21.6. The van der Waals surface area contributed by atoms with Crippen molar-refractivity contribution in [1.82, 2.24) is 4.57 Å². The average Bonchev–Trinajstić information content (AvgIpc) is 3.91. The van der Waals surface area contributed by atoms with Crippen LogP contribution in [0.2, 0.25) is 0 Å². The molecule has 13 rings (SSSR count). The molecule has 0 unspecified atom stereocenters. The Hall–Kier alpha value is -8.40. The second-order valence-corrected chi connectivity index (χ2v) is 16.5. The third kappa shape index (κ3) is 5.60. The zero-order valence-corrected chi connectivity index (χ0v) is 34.2. The molecule has 11 aromatic carbocycles. The molecule has 0 atom stereocenters. The topological polar surface area (TPSA) is 21.3 Å². The van der Waals surface area contributed by atoms with E-state index < -0.39 is 0 Å². The summed E-state index contributed by atoms with van der Waals surface area (Å²) in [6.07, 6.45) is 0. The van der Waals surface area contributed by atoms with Crippen molar-refractivity contribution in [2.75, 3.05) is 4.90 Å². The molecule has 294 valence electrons. The normalized spacial score (nSPS) is 11.8. The lowest BCUT2D eigenvalue weighted by molar-refractivity contribution is 0.673. The number of hydrogen-bond acceptors (Lipinski definition) is 2. The Kier molecular flexibility index (Phi) is 7.91. The van der Waals surface area contributed by atoms with E-state index in [1.165, 1.54) is 48.7 Å². The summed E-state index contributed by atoms with van der Waals surface area (Å²) in [5, 5.41) is 12.0. The highest BCUT2D eigenvalue weighted by molar-refractivity contribution is 6.20. The minimum atomic E-state index is 0.880. The van der Waals surface area contributed by atoms with E-state index in [0.717, 1.165) is 72.3 Å². The molecule has 0 saturated heterocycles. The molecule has 3 heteroatoms. The van der Waals surface area contributed by atoms with Gasteiger partial charge in [0.05, 0.1) is 16.7 Å². The molecule has 0 saturated carbocycles. The monoisotopic (exact) mass is 802 g/mol. The molecular weight excluding hydrogens is 765 g/mol. The van der Waals surface area contributed by atoms with Crippen LogP contribution in [0.4, 0.5) is 17.1 Å². The van der Waals surface area contributed by atoms with E-state index >= 15 is 0 Å². The van der Waals surface area contributed by atoms with Crippen molar-refractivity contribution in [1.29, 1.82) is 0 Å². The van der Waals surface area contributed by atoms with Gasteiger partial charge in [-0.05, 0) is 110 Å². The quantitative estimate of drug-likeness (QED) is 0.156. The van der Waals surface area contributed by atoms with E-state index in [1.807, 2.05) is 0 Å². The van der Waals surface area contributed by atoms with Crippen molar-refractivity contribution in [3.8, 4) is 27.9 Å². The maximum Gasteiger partial charge on any atom is 0.143 e. The predicted octanol–water partition coefficient (Wildman–Crippen LogP) is 16.9. The smallest absolute Gasteiger partial charge is 0.143 e. The van der Waals surface area contributed by atoms with E-state index in [4.69, 9.17) is 4.42 Å². The molecule has 2 heterocycles. The summed E-state index contributed by atoms with van der Waals surface area (Å²) in [6.45, 7) is 0. The molecule has 0 aliphatic carbocycles. The zero-order chi connectivity index (χ0) is 41.4. The average molecular weight is 803 g/mol. The van der Waals surface area contributed by atoms with Crippen LogP contribution in [0.3, 0.4) is 0 Å². The molecule has 0 amide bonds. The van der Waals surface area contributed by atoms with Gasteiger partial charge in [0.25, 0.3) is 0 Å². The fourth-order valence-electron chi connectivity index (χ4n) is 10.1. The third-order valence-corrected chi connectivity index (χ3v) is 13.0. The number of fused-ring (bicyclic) bond motifs is 11. The molecule has 2 aromatic heterocycles. The van der Waals surface area contributed by atoms with Gasteiger partial charge >= 0.3 is 0 Å². The second kappa shape index (κ2) is 14.1.